The van der Waals surface area contributed by atoms with Gasteiger partial charge in [-0.2, -0.15) is 0 Å². The fraction of sp³-hybridized carbons (Fsp3) is 0.261. The molecule has 166 valence electrons. The highest BCUT2D eigenvalue weighted by molar-refractivity contribution is 9.10. The number of carbonyl (C=O) groups is 1. The summed E-state index contributed by atoms with van der Waals surface area (Å²) in [5.74, 6) is 0.0787. The summed E-state index contributed by atoms with van der Waals surface area (Å²) < 4.78 is 13.5. The van der Waals surface area contributed by atoms with Crippen LogP contribution in [0, 0.1) is 0 Å². The molecule has 0 N–H and O–H groups in total. The maximum Gasteiger partial charge on any atom is 0.338 e. The highest BCUT2D eigenvalue weighted by Crippen LogP contribution is 2.31. The van der Waals surface area contributed by atoms with Gasteiger partial charge in [0.05, 0.1) is 28.5 Å². The van der Waals surface area contributed by atoms with Crippen molar-refractivity contribution in [3.63, 3.8) is 0 Å². The first-order valence-corrected chi connectivity index (χ1v) is 11.6. The fourth-order valence-corrected chi connectivity index (χ4v) is 4.94. The lowest BCUT2D eigenvalue weighted by Crippen LogP contribution is -2.39. The summed E-state index contributed by atoms with van der Waals surface area (Å²) in [4.78, 5) is 33.5. The molecule has 0 bridgehead atoms. The van der Waals surface area contributed by atoms with E-state index in [1.165, 1.54) is 11.3 Å². The van der Waals surface area contributed by atoms with E-state index in [2.05, 4.69) is 20.9 Å². The number of hydrogen-bond donors (Lipinski definition) is 0. The van der Waals surface area contributed by atoms with Crippen LogP contribution >= 0.6 is 27.3 Å². The van der Waals surface area contributed by atoms with Crippen molar-refractivity contribution < 1.29 is 13.9 Å². The molecule has 4 rings (SSSR count). The summed E-state index contributed by atoms with van der Waals surface area (Å²) in [5.41, 5.74) is 2.49. The van der Waals surface area contributed by atoms with Crippen LogP contribution in [0.5, 0.6) is 0 Å². The topological polar surface area (TPSA) is 77.0 Å². The van der Waals surface area contributed by atoms with Crippen LogP contribution in [-0.4, -0.2) is 31.2 Å². The molecule has 1 aliphatic rings. The number of ether oxygens (including phenoxy) is 1. The van der Waals surface area contributed by atoms with E-state index >= 15 is 0 Å². The van der Waals surface area contributed by atoms with Crippen molar-refractivity contribution in [2.24, 2.45) is 4.99 Å². The predicted molar refractivity (Wildman–Crippen MR) is 128 cm³/mol. The third-order valence-corrected chi connectivity index (χ3v) is 6.52. The van der Waals surface area contributed by atoms with Crippen LogP contribution in [0.4, 0.5) is 5.69 Å². The SMILES string of the molecule is CCOC(=O)C1=C(C)N=c2sc(=Cc3ccc(Br)o3)c(=O)n2C1c1ccc(N(C)C)cc1. The van der Waals surface area contributed by atoms with Gasteiger partial charge in [0.1, 0.15) is 5.76 Å². The van der Waals surface area contributed by atoms with Crippen molar-refractivity contribution in [1.29, 1.82) is 0 Å². The standard InChI is InChI=1S/C23H22BrN3O4S/c1-5-30-22(29)19-13(2)25-23-27(20(19)14-6-8-15(9-7-14)26(3)4)21(28)17(32-23)12-16-10-11-18(24)31-16/h6-12,20H,5H2,1-4H3. The van der Waals surface area contributed by atoms with E-state index in [9.17, 15) is 9.59 Å². The molecule has 0 amide bonds. The molecule has 0 spiro atoms. The molecular weight excluding hydrogens is 494 g/mol. The number of nitrogens with zero attached hydrogens (tertiary/aromatic N) is 3. The largest absolute Gasteiger partial charge is 0.463 e. The van der Waals surface area contributed by atoms with Crippen molar-refractivity contribution in [2.45, 2.75) is 19.9 Å². The normalized spacial score (nSPS) is 16.0. The molecule has 0 saturated heterocycles. The van der Waals surface area contributed by atoms with Crippen LogP contribution in [0.15, 0.2) is 66.5 Å². The Morgan fingerprint density at radius 3 is 2.59 bits per heavy atom. The second-order valence-corrected chi connectivity index (χ2v) is 9.22. The molecule has 7 nitrogen and oxygen atoms in total. The number of fused-ring (bicyclic) bond motifs is 1. The van der Waals surface area contributed by atoms with E-state index in [4.69, 9.17) is 9.15 Å². The maximum atomic E-state index is 13.5. The van der Waals surface area contributed by atoms with Gasteiger partial charge in [0.25, 0.3) is 5.56 Å². The number of benzene rings is 1. The van der Waals surface area contributed by atoms with Gasteiger partial charge in [0.15, 0.2) is 9.47 Å². The fourth-order valence-electron chi connectivity index (χ4n) is 3.60. The molecular formula is C23H22BrN3O4S. The second-order valence-electron chi connectivity index (χ2n) is 7.43. The van der Waals surface area contributed by atoms with Crippen LogP contribution < -0.4 is 19.8 Å². The summed E-state index contributed by atoms with van der Waals surface area (Å²) in [6.45, 7) is 3.76. The van der Waals surface area contributed by atoms with Crippen molar-refractivity contribution in [3.8, 4) is 0 Å². The molecule has 0 fully saturated rings. The number of aromatic nitrogens is 1. The number of thiazole rings is 1. The first-order valence-electron chi connectivity index (χ1n) is 10.0. The lowest BCUT2D eigenvalue weighted by Gasteiger charge is -2.25. The number of halogens is 1. The van der Waals surface area contributed by atoms with Gasteiger partial charge in [-0.1, -0.05) is 23.5 Å². The highest BCUT2D eigenvalue weighted by Gasteiger charge is 2.33. The van der Waals surface area contributed by atoms with Crippen molar-refractivity contribution >= 4 is 45.0 Å². The number of furan rings is 1. The molecule has 0 aliphatic carbocycles. The minimum absolute atomic E-state index is 0.236. The highest BCUT2D eigenvalue weighted by atomic mass is 79.9. The van der Waals surface area contributed by atoms with Gasteiger partial charge in [0.2, 0.25) is 0 Å². The van der Waals surface area contributed by atoms with Gasteiger partial charge < -0.3 is 14.1 Å². The first-order chi connectivity index (χ1) is 15.3. The minimum atomic E-state index is -0.632. The zero-order valence-corrected chi connectivity index (χ0v) is 20.5. The average molecular weight is 516 g/mol. The Labute approximate surface area is 197 Å². The molecule has 1 aromatic carbocycles. The Kier molecular flexibility index (Phi) is 6.21. The zero-order valence-electron chi connectivity index (χ0n) is 18.1. The Morgan fingerprint density at radius 2 is 2.00 bits per heavy atom. The molecule has 1 unspecified atom stereocenters. The van der Waals surface area contributed by atoms with E-state index in [-0.39, 0.29) is 12.2 Å². The number of esters is 1. The van der Waals surface area contributed by atoms with E-state index in [0.29, 0.717) is 31.0 Å². The smallest absolute Gasteiger partial charge is 0.338 e. The van der Waals surface area contributed by atoms with Crippen molar-refractivity contribution in [2.75, 3.05) is 25.6 Å². The van der Waals surface area contributed by atoms with Gasteiger partial charge in [-0.25, -0.2) is 9.79 Å². The van der Waals surface area contributed by atoms with Crippen LogP contribution in [0.1, 0.15) is 31.2 Å². The number of anilines is 1. The van der Waals surface area contributed by atoms with Crippen LogP contribution in [0.25, 0.3) is 6.08 Å². The summed E-state index contributed by atoms with van der Waals surface area (Å²) in [6, 6.07) is 10.7. The molecule has 9 heteroatoms. The number of allylic oxidation sites excluding steroid dienone is 1. The Morgan fingerprint density at radius 1 is 1.28 bits per heavy atom. The predicted octanol–water partition coefficient (Wildman–Crippen LogP) is 3.22. The third kappa shape index (κ3) is 4.10. The van der Waals surface area contributed by atoms with Crippen molar-refractivity contribution in [3.05, 3.63) is 83.3 Å². The lowest BCUT2D eigenvalue weighted by molar-refractivity contribution is -0.139. The third-order valence-electron chi connectivity index (χ3n) is 5.11. The van der Waals surface area contributed by atoms with E-state index in [1.54, 1.807) is 36.6 Å². The Hall–Kier alpha value is -2.91. The minimum Gasteiger partial charge on any atom is -0.463 e. The number of carbonyl (C=O) groups excluding carboxylic acids is 1. The monoisotopic (exact) mass is 515 g/mol. The molecule has 2 aromatic heterocycles. The molecule has 0 radical (unpaired) electrons. The maximum absolute atomic E-state index is 13.5. The zero-order chi connectivity index (χ0) is 23.0. The Balaban J connectivity index is 1.93. The van der Waals surface area contributed by atoms with E-state index in [0.717, 1.165) is 11.3 Å². The average Bonchev–Trinajstić information content (AvgIpc) is 3.30. The van der Waals surface area contributed by atoms with E-state index in [1.807, 2.05) is 43.3 Å². The number of rotatable bonds is 5. The number of hydrogen-bond acceptors (Lipinski definition) is 7. The quantitative estimate of drug-likeness (QED) is 0.487. The lowest BCUT2D eigenvalue weighted by atomic mass is 9.95. The van der Waals surface area contributed by atoms with Gasteiger partial charge >= 0.3 is 5.97 Å². The molecule has 32 heavy (non-hydrogen) atoms. The van der Waals surface area contributed by atoms with Gasteiger partial charge in [-0.3, -0.25) is 9.36 Å². The molecule has 1 atom stereocenters. The summed E-state index contributed by atoms with van der Waals surface area (Å²) in [7, 11) is 3.92. The van der Waals surface area contributed by atoms with Crippen molar-refractivity contribution in [1.82, 2.24) is 4.57 Å². The van der Waals surface area contributed by atoms with Gasteiger partial charge in [0, 0.05) is 25.9 Å². The summed E-state index contributed by atoms with van der Waals surface area (Å²) >= 11 is 4.54. The molecule has 3 heterocycles. The molecule has 3 aromatic rings. The van der Waals surface area contributed by atoms with Crippen LogP contribution in [0.2, 0.25) is 0 Å². The van der Waals surface area contributed by atoms with E-state index < -0.39 is 12.0 Å². The first kappa shape index (κ1) is 22.3. The summed E-state index contributed by atoms with van der Waals surface area (Å²) in [6.07, 6.45) is 1.68. The van der Waals surface area contributed by atoms with Gasteiger partial charge in [-0.05, 0) is 59.6 Å². The summed E-state index contributed by atoms with van der Waals surface area (Å²) in [5, 5.41) is 0. The second kappa shape index (κ2) is 8.91. The van der Waals surface area contributed by atoms with Crippen LogP contribution in [-0.2, 0) is 9.53 Å². The Bertz CT molecular complexity index is 1380. The van der Waals surface area contributed by atoms with Crippen LogP contribution in [0.3, 0.4) is 0 Å². The molecule has 0 saturated carbocycles. The van der Waals surface area contributed by atoms with Gasteiger partial charge in [-0.15, -0.1) is 0 Å². The molecule has 1 aliphatic heterocycles.